The fourth-order valence-electron chi connectivity index (χ4n) is 1.82. The van der Waals surface area contributed by atoms with Gasteiger partial charge >= 0.3 is 6.09 Å². The number of nitrogens with one attached hydrogen (secondary N) is 1. The van der Waals surface area contributed by atoms with Crippen LogP contribution < -0.4 is 5.32 Å². The van der Waals surface area contributed by atoms with Crippen LogP contribution in [-0.4, -0.2) is 17.6 Å². The van der Waals surface area contributed by atoms with Gasteiger partial charge in [-0.3, -0.25) is 10.1 Å². The van der Waals surface area contributed by atoms with Crippen LogP contribution in [0.3, 0.4) is 0 Å². The Labute approximate surface area is 97.7 Å². The molecule has 1 aromatic carbocycles. The summed E-state index contributed by atoms with van der Waals surface area (Å²) in [5.41, 5.74) is 1.42. The predicted molar refractivity (Wildman–Crippen MR) is 59.7 cm³/mol. The van der Waals surface area contributed by atoms with Gasteiger partial charge in [-0.1, -0.05) is 12.1 Å². The van der Waals surface area contributed by atoms with Crippen molar-refractivity contribution in [1.82, 2.24) is 5.32 Å². The van der Waals surface area contributed by atoms with E-state index < -0.39 is 11.0 Å². The van der Waals surface area contributed by atoms with Gasteiger partial charge in [-0.05, 0) is 12.5 Å². The molecule has 1 fully saturated rings. The zero-order chi connectivity index (χ0) is 12.4. The minimum Gasteiger partial charge on any atom is -0.449 e. The smallest absolute Gasteiger partial charge is 0.407 e. The fraction of sp³-hybridized carbons (Fsp3) is 0.364. The third-order valence-electron chi connectivity index (χ3n) is 2.76. The SMILES string of the molecule is Cc1ccc([C@@H]2CCOC(=O)N2)cc1[N+](=O)[O-]. The number of hydrogen-bond donors (Lipinski definition) is 1. The third-order valence-corrected chi connectivity index (χ3v) is 2.76. The highest BCUT2D eigenvalue weighted by Gasteiger charge is 2.22. The Kier molecular flexibility index (Phi) is 2.95. The lowest BCUT2D eigenvalue weighted by Gasteiger charge is -2.23. The zero-order valence-electron chi connectivity index (χ0n) is 9.30. The molecule has 1 amide bonds. The van der Waals surface area contributed by atoms with Crippen molar-refractivity contribution in [3.8, 4) is 0 Å². The van der Waals surface area contributed by atoms with E-state index in [0.29, 0.717) is 18.6 Å². The van der Waals surface area contributed by atoms with Gasteiger partial charge in [0.1, 0.15) is 0 Å². The van der Waals surface area contributed by atoms with E-state index in [1.54, 1.807) is 19.1 Å². The maximum Gasteiger partial charge on any atom is 0.407 e. The number of nitro groups is 1. The highest BCUT2D eigenvalue weighted by molar-refractivity contribution is 5.68. The summed E-state index contributed by atoms with van der Waals surface area (Å²) < 4.78 is 4.75. The van der Waals surface area contributed by atoms with Crippen molar-refractivity contribution in [3.63, 3.8) is 0 Å². The van der Waals surface area contributed by atoms with E-state index in [4.69, 9.17) is 4.74 Å². The summed E-state index contributed by atoms with van der Waals surface area (Å²) in [4.78, 5) is 21.5. The van der Waals surface area contributed by atoms with Crippen LogP contribution in [0.15, 0.2) is 18.2 Å². The summed E-state index contributed by atoms with van der Waals surface area (Å²) in [6, 6.07) is 4.77. The summed E-state index contributed by atoms with van der Waals surface area (Å²) in [6.07, 6.45) is 0.135. The van der Waals surface area contributed by atoms with Crippen molar-refractivity contribution in [3.05, 3.63) is 39.4 Å². The molecule has 1 N–H and O–H groups in total. The van der Waals surface area contributed by atoms with Crippen LogP contribution in [0.2, 0.25) is 0 Å². The molecule has 1 aromatic rings. The Bertz CT molecular complexity index is 473. The molecule has 90 valence electrons. The number of cyclic esters (lactones) is 1. The van der Waals surface area contributed by atoms with E-state index >= 15 is 0 Å². The van der Waals surface area contributed by atoms with Crippen LogP contribution in [0.5, 0.6) is 0 Å². The number of nitro benzene ring substituents is 1. The average Bonchev–Trinajstić information content (AvgIpc) is 2.29. The van der Waals surface area contributed by atoms with E-state index in [1.165, 1.54) is 6.07 Å². The molecule has 0 aromatic heterocycles. The third kappa shape index (κ3) is 2.35. The first kappa shape index (κ1) is 11.4. The predicted octanol–water partition coefficient (Wildman–Crippen LogP) is 2.07. The van der Waals surface area contributed by atoms with Crippen molar-refractivity contribution < 1.29 is 14.5 Å². The molecular formula is C11H12N2O4. The first-order valence-corrected chi connectivity index (χ1v) is 5.26. The maximum absolute atomic E-state index is 11.1. The van der Waals surface area contributed by atoms with Crippen LogP contribution in [0.4, 0.5) is 10.5 Å². The quantitative estimate of drug-likeness (QED) is 0.629. The summed E-state index contributed by atoms with van der Waals surface area (Å²) in [7, 11) is 0. The van der Waals surface area contributed by atoms with E-state index in [-0.39, 0.29) is 11.7 Å². The summed E-state index contributed by atoms with van der Waals surface area (Å²) in [5, 5.41) is 13.4. The molecule has 0 bridgehead atoms. The van der Waals surface area contributed by atoms with Crippen LogP contribution in [0.25, 0.3) is 0 Å². The van der Waals surface area contributed by atoms with Gasteiger partial charge in [-0.15, -0.1) is 0 Å². The number of carbonyl (C=O) groups excluding carboxylic acids is 1. The summed E-state index contributed by atoms with van der Waals surface area (Å²) in [5.74, 6) is 0. The topological polar surface area (TPSA) is 81.5 Å². The monoisotopic (exact) mass is 236 g/mol. The minimum absolute atomic E-state index is 0.0724. The molecule has 2 rings (SSSR count). The molecule has 6 heteroatoms. The lowest BCUT2D eigenvalue weighted by Crippen LogP contribution is -2.35. The molecule has 0 unspecified atom stereocenters. The number of nitrogens with zero attached hydrogens (tertiary/aromatic N) is 1. The highest BCUT2D eigenvalue weighted by atomic mass is 16.6. The second kappa shape index (κ2) is 4.40. The first-order valence-electron chi connectivity index (χ1n) is 5.26. The molecule has 1 saturated heterocycles. The normalized spacial score (nSPS) is 19.4. The molecule has 0 spiro atoms. The molecule has 1 aliphatic rings. The van der Waals surface area contributed by atoms with Gasteiger partial charge in [0.2, 0.25) is 0 Å². The molecule has 0 saturated carbocycles. The van der Waals surface area contributed by atoms with Crippen LogP contribution >= 0.6 is 0 Å². The van der Waals surface area contributed by atoms with Gasteiger partial charge in [0.05, 0.1) is 17.6 Å². The standard InChI is InChI=1S/C11H12N2O4/c1-7-2-3-8(6-10(7)13(15)16)9-4-5-17-11(14)12-9/h2-3,6,9H,4-5H2,1H3,(H,12,14)/t9-/m0/s1. The van der Waals surface area contributed by atoms with Gasteiger partial charge < -0.3 is 10.1 Å². The lowest BCUT2D eigenvalue weighted by molar-refractivity contribution is -0.385. The molecule has 0 aliphatic carbocycles. The number of rotatable bonds is 2. The Hall–Kier alpha value is -2.11. The van der Waals surface area contributed by atoms with E-state index in [9.17, 15) is 14.9 Å². The zero-order valence-corrected chi connectivity index (χ0v) is 9.30. The van der Waals surface area contributed by atoms with Crippen molar-refractivity contribution in [1.29, 1.82) is 0 Å². The van der Waals surface area contributed by atoms with Gasteiger partial charge in [0.25, 0.3) is 5.69 Å². The number of benzene rings is 1. The van der Waals surface area contributed by atoms with Crippen molar-refractivity contribution in [2.75, 3.05) is 6.61 Å². The van der Waals surface area contributed by atoms with Crippen LogP contribution in [0, 0.1) is 17.0 Å². The van der Waals surface area contributed by atoms with E-state index in [1.807, 2.05) is 0 Å². The maximum atomic E-state index is 11.1. The van der Waals surface area contributed by atoms with Crippen LogP contribution in [-0.2, 0) is 4.74 Å². The van der Waals surface area contributed by atoms with Gasteiger partial charge in [-0.25, -0.2) is 4.79 Å². The molecule has 0 radical (unpaired) electrons. The number of hydrogen-bond acceptors (Lipinski definition) is 4. The molecule has 17 heavy (non-hydrogen) atoms. The number of ether oxygens (including phenoxy) is 1. The van der Waals surface area contributed by atoms with Crippen LogP contribution in [0.1, 0.15) is 23.6 Å². The number of carbonyl (C=O) groups is 1. The minimum atomic E-state index is -0.482. The largest absolute Gasteiger partial charge is 0.449 e. The molecular weight excluding hydrogens is 224 g/mol. The Morgan fingerprint density at radius 1 is 1.53 bits per heavy atom. The highest BCUT2D eigenvalue weighted by Crippen LogP contribution is 2.26. The lowest BCUT2D eigenvalue weighted by atomic mass is 10.0. The Morgan fingerprint density at radius 3 is 2.94 bits per heavy atom. The summed E-state index contributed by atoms with van der Waals surface area (Å²) >= 11 is 0. The molecule has 6 nitrogen and oxygen atoms in total. The van der Waals surface area contributed by atoms with Crippen molar-refractivity contribution in [2.24, 2.45) is 0 Å². The van der Waals surface area contributed by atoms with Gasteiger partial charge in [0, 0.05) is 18.1 Å². The fourth-order valence-corrected chi connectivity index (χ4v) is 1.82. The average molecular weight is 236 g/mol. The Morgan fingerprint density at radius 2 is 2.29 bits per heavy atom. The van der Waals surface area contributed by atoms with Gasteiger partial charge in [-0.2, -0.15) is 0 Å². The second-order valence-electron chi connectivity index (χ2n) is 3.92. The molecule has 1 aliphatic heterocycles. The molecule has 1 atom stereocenters. The van der Waals surface area contributed by atoms with Crippen molar-refractivity contribution in [2.45, 2.75) is 19.4 Å². The summed E-state index contributed by atoms with van der Waals surface area (Å²) in [6.45, 7) is 2.02. The number of amides is 1. The van der Waals surface area contributed by atoms with E-state index in [0.717, 1.165) is 5.56 Å². The first-order chi connectivity index (χ1) is 8.08. The Balaban J connectivity index is 2.29. The van der Waals surface area contributed by atoms with E-state index in [2.05, 4.69) is 5.32 Å². The van der Waals surface area contributed by atoms with Gasteiger partial charge in [0.15, 0.2) is 0 Å². The number of aryl methyl sites for hydroxylation is 1. The second-order valence-corrected chi connectivity index (χ2v) is 3.92. The number of alkyl carbamates (subject to hydrolysis) is 1. The van der Waals surface area contributed by atoms with Crippen molar-refractivity contribution >= 4 is 11.8 Å². The molecule has 1 heterocycles.